The van der Waals surface area contributed by atoms with Gasteiger partial charge >= 0.3 is 0 Å². The molecular formula is C23H21N3O3S. The maximum absolute atomic E-state index is 12.5. The van der Waals surface area contributed by atoms with E-state index in [1.807, 2.05) is 49.4 Å². The quantitative estimate of drug-likeness (QED) is 0.495. The van der Waals surface area contributed by atoms with Crippen molar-refractivity contribution in [1.82, 2.24) is 9.38 Å². The summed E-state index contributed by atoms with van der Waals surface area (Å²) >= 11 is 1.40. The van der Waals surface area contributed by atoms with Crippen molar-refractivity contribution in [2.24, 2.45) is 0 Å². The van der Waals surface area contributed by atoms with Crippen LogP contribution in [-0.4, -0.2) is 20.4 Å². The Morgan fingerprint density at radius 2 is 1.90 bits per heavy atom. The van der Waals surface area contributed by atoms with Gasteiger partial charge in [-0.05, 0) is 43.0 Å². The van der Waals surface area contributed by atoms with Gasteiger partial charge in [-0.2, -0.15) is 0 Å². The number of benzene rings is 2. The molecule has 0 radical (unpaired) electrons. The summed E-state index contributed by atoms with van der Waals surface area (Å²) in [6.07, 6.45) is 3.82. The Morgan fingerprint density at radius 1 is 1.17 bits per heavy atom. The van der Waals surface area contributed by atoms with E-state index in [4.69, 9.17) is 0 Å². The number of aryl methyl sites for hydroxylation is 2. The third kappa shape index (κ3) is 4.32. The normalized spacial score (nSPS) is 12.1. The van der Waals surface area contributed by atoms with E-state index in [2.05, 4.69) is 10.3 Å². The lowest BCUT2D eigenvalue weighted by Gasteiger charge is -2.11. The molecule has 2 heterocycles. The molecule has 6 nitrogen and oxygen atoms in total. The van der Waals surface area contributed by atoms with Crippen molar-refractivity contribution >= 4 is 27.9 Å². The molecule has 0 aliphatic rings. The Labute approximate surface area is 177 Å². The summed E-state index contributed by atoms with van der Waals surface area (Å²) in [5, 5.41) is 13.0. The predicted octanol–water partition coefficient (Wildman–Crippen LogP) is 3.98. The van der Waals surface area contributed by atoms with Crippen LogP contribution in [0.5, 0.6) is 0 Å². The van der Waals surface area contributed by atoms with Crippen LogP contribution in [0.1, 0.15) is 38.9 Å². The Hall–Kier alpha value is -3.29. The van der Waals surface area contributed by atoms with E-state index in [1.165, 1.54) is 21.9 Å². The van der Waals surface area contributed by atoms with Crippen molar-refractivity contribution in [2.45, 2.75) is 25.9 Å². The second kappa shape index (κ2) is 8.61. The molecule has 1 atom stereocenters. The predicted molar refractivity (Wildman–Crippen MR) is 118 cm³/mol. The largest absolute Gasteiger partial charge is 0.388 e. The Kier molecular flexibility index (Phi) is 5.74. The molecule has 2 N–H and O–H groups in total. The van der Waals surface area contributed by atoms with Gasteiger partial charge in [0.25, 0.3) is 11.5 Å². The number of aliphatic hydroxyl groups excluding tert-OH is 1. The number of thiazole rings is 1. The monoisotopic (exact) mass is 419 g/mol. The average Bonchev–Trinajstić information content (AvgIpc) is 3.15. The molecule has 1 unspecified atom stereocenters. The van der Waals surface area contributed by atoms with E-state index in [9.17, 15) is 14.7 Å². The molecule has 0 fully saturated rings. The summed E-state index contributed by atoms with van der Waals surface area (Å²) < 4.78 is 1.40. The van der Waals surface area contributed by atoms with Gasteiger partial charge in [0, 0.05) is 23.0 Å². The molecule has 7 heteroatoms. The Morgan fingerprint density at radius 3 is 2.63 bits per heavy atom. The van der Waals surface area contributed by atoms with Crippen molar-refractivity contribution in [3.63, 3.8) is 0 Å². The third-order valence-corrected chi connectivity index (χ3v) is 5.78. The third-order valence-electron chi connectivity index (χ3n) is 4.87. The molecule has 2 aromatic carbocycles. The zero-order valence-corrected chi connectivity index (χ0v) is 17.2. The fraction of sp³-hybridized carbons (Fsp3) is 0.174. The van der Waals surface area contributed by atoms with Crippen molar-refractivity contribution in [3.8, 4) is 0 Å². The number of rotatable bonds is 6. The van der Waals surface area contributed by atoms with Crippen LogP contribution in [0.25, 0.3) is 4.96 Å². The molecule has 30 heavy (non-hydrogen) atoms. The zero-order valence-electron chi connectivity index (χ0n) is 16.4. The summed E-state index contributed by atoms with van der Waals surface area (Å²) in [7, 11) is 0. The maximum atomic E-state index is 12.5. The van der Waals surface area contributed by atoms with Gasteiger partial charge in [-0.15, -0.1) is 11.3 Å². The van der Waals surface area contributed by atoms with Crippen LogP contribution in [0.4, 0.5) is 5.69 Å². The minimum absolute atomic E-state index is 0.000333. The van der Waals surface area contributed by atoms with Crippen LogP contribution in [0.3, 0.4) is 0 Å². The molecule has 0 spiro atoms. The highest BCUT2D eigenvalue weighted by Crippen LogP contribution is 2.20. The van der Waals surface area contributed by atoms with E-state index in [1.54, 1.807) is 18.3 Å². The van der Waals surface area contributed by atoms with Crippen molar-refractivity contribution in [1.29, 1.82) is 0 Å². The second-order valence-corrected chi connectivity index (χ2v) is 8.30. The first-order valence-electron chi connectivity index (χ1n) is 9.62. The maximum Gasteiger partial charge on any atom is 0.271 e. The molecule has 0 saturated carbocycles. The number of carbonyl (C=O) groups excluding carboxylic acids is 1. The molecule has 152 valence electrons. The number of anilines is 1. The van der Waals surface area contributed by atoms with Gasteiger partial charge in [-0.25, -0.2) is 4.98 Å². The van der Waals surface area contributed by atoms with E-state index < -0.39 is 12.0 Å². The van der Waals surface area contributed by atoms with E-state index in [0.717, 1.165) is 16.0 Å². The van der Waals surface area contributed by atoms with Crippen LogP contribution in [-0.2, 0) is 6.42 Å². The first-order valence-corrected chi connectivity index (χ1v) is 10.4. The van der Waals surface area contributed by atoms with Crippen LogP contribution in [0, 0.1) is 6.92 Å². The molecule has 1 amide bonds. The van der Waals surface area contributed by atoms with Crippen LogP contribution < -0.4 is 10.9 Å². The SMILES string of the molecule is Cc1cn2c(=O)c(C(=O)Nc3ccc(CCC(O)c4ccccc4)cc3)cnc2s1. The average molecular weight is 420 g/mol. The number of aromatic nitrogens is 2. The molecule has 0 bridgehead atoms. The number of aliphatic hydroxyl groups is 1. The summed E-state index contributed by atoms with van der Waals surface area (Å²) in [4.78, 5) is 30.8. The minimum Gasteiger partial charge on any atom is -0.388 e. The van der Waals surface area contributed by atoms with Crippen molar-refractivity contribution < 1.29 is 9.90 Å². The molecule has 4 aromatic rings. The Balaban J connectivity index is 1.40. The Bertz CT molecular complexity index is 1230. The lowest BCUT2D eigenvalue weighted by molar-refractivity contribution is 0.102. The molecule has 2 aromatic heterocycles. The van der Waals surface area contributed by atoms with Gasteiger partial charge in [-0.1, -0.05) is 42.5 Å². The second-order valence-electron chi connectivity index (χ2n) is 7.09. The number of amides is 1. The van der Waals surface area contributed by atoms with E-state index in [0.29, 0.717) is 23.5 Å². The lowest BCUT2D eigenvalue weighted by Crippen LogP contribution is -2.25. The molecule has 0 aliphatic heterocycles. The van der Waals surface area contributed by atoms with E-state index in [-0.39, 0.29) is 11.1 Å². The van der Waals surface area contributed by atoms with Gasteiger partial charge in [0.05, 0.1) is 6.10 Å². The lowest BCUT2D eigenvalue weighted by atomic mass is 10.0. The number of nitrogens with one attached hydrogen (secondary N) is 1. The van der Waals surface area contributed by atoms with Gasteiger partial charge in [-0.3, -0.25) is 14.0 Å². The van der Waals surface area contributed by atoms with Crippen LogP contribution >= 0.6 is 11.3 Å². The minimum atomic E-state index is -0.512. The molecule has 4 rings (SSSR count). The number of fused-ring (bicyclic) bond motifs is 1. The number of nitrogens with zero attached hydrogens (tertiary/aromatic N) is 2. The molecular weight excluding hydrogens is 398 g/mol. The van der Waals surface area contributed by atoms with Crippen molar-refractivity contribution in [2.75, 3.05) is 5.32 Å². The summed E-state index contributed by atoms with van der Waals surface area (Å²) in [6, 6.07) is 17.0. The van der Waals surface area contributed by atoms with Crippen LogP contribution in [0.2, 0.25) is 0 Å². The highest BCUT2D eigenvalue weighted by molar-refractivity contribution is 7.16. The van der Waals surface area contributed by atoms with Gasteiger partial charge in [0.2, 0.25) is 0 Å². The first kappa shape index (κ1) is 20.0. The van der Waals surface area contributed by atoms with Crippen molar-refractivity contribution in [3.05, 3.63) is 98.9 Å². The first-order chi connectivity index (χ1) is 14.5. The van der Waals surface area contributed by atoms with E-state index >= 15 is 0 Å². The van der Waals surface area contributed by atoms with Gasteiger partial charge in [0.15, 0.2) is 4.96 Å². The smallest absolute Gasteiger partial charge is 0.271 e. The highest BCUT2D eigenvalue weighted by atomic mass is 32.1. The molecule has 0 aliphatic carbocycles. The topological polar surface area (TPSA) is 83.7 Å². The zero-order chi connectivity index (χ0) is 21.1. The standard InChI is InChI=1S/C23H21N3O3S/c1-15-14-26-22(29)19(13-24-23(26)30-15)21(28)25-18-10-7-16(8-11-18)9-12-20(27)17-5-3-2-4-6-17/h2-8,10-11,13-14,20,27H,9,12H2,1H3,(H,25,28). The summed E-state index contributed by atoms with van der Waals surface area (Å²) in [6.45, 7) is 1.89. The summed E-state index contributed by atoms with van der Waals surface area (Å²) in [5.74, 6) is -0.488. The van der Waals surface area contributed by atoms with Gasteiger partial charge in [0.1, 0.15) is 5.56 Å². The number of carbonyl (C=O) groups is 1. The fourth-order valence-electron chi connectivity index (χ4n) is 3.25. The number of hydrogen-bond donors (Lipinski definition) is 2. The molecule has 0 saturated heterocycles. The van der Waals surface area contributed by atoms with Crippen LogP contribution in [0.15, 0.2) is 71.8 Å². The summed E-state index contributed by atoms with van der Waals surface area (Å²) in [5.41, 5.74) is 2.17. The van der Waals surface area contributed by atoms with Gasteiger partial charge < -0.3 is 10.4 Å². The fourth-order valence-corrected chi connectivity index (χ4v) is 4.03. The number of hydrogen-bond acceptors (Lipinski definition) is 5. The highest BCUT2D eigenvalue weighted by Gasteiger charge is 2.15.